The first-order valence-electron chi connectivity index (χ1n) is 10.6. The topological polar surface area (TPSA) is 147 Å². The van der Waals surface area contributed by atoms with Crippen LogP contribution in [-0.4, -0.2) is 31.4 Å². The summed E-state index contributed by atoms with van der Waals surface area (Å²) in [6.07, 6.45) is 2.47. The number of ether oxygens (including phenoxy) is 1. The Morgan fingerprint density at radius 1 is 1.14 bits per heavy atom. The van der Waals surface area contributed by atoms with E-state index in [0.717, 1.165) is 0 Å². The fourth-order valence-corrected chi connectivity index (χ4v) is 4.79. The van der Waals surface area contributed by atoms with Crippen molar-refractivity contribution in [1.82, 2.24) is 9.97 Å². The van der Waals surface area contributed by atoms with Gasteiger partial charge >= 0.3 is 0 Å². The van der Waals surface area contributed by atoms with E-state index >= 15 is 0 Å². The van der Waals surface area contributed by atoms with Crippen molar-refractivity contribution in [2.75, 3.05) is 17.1 Å². The number of nitriles is 1. The second-order valence-electron chi connectivity index (χ2n) is 7.74. The third kappa shape index (κ3) is 4.89. The van der Waals surface area contributed by atoms with Crippen LogP contribution in [0.1, 0.15) is 27.2 Å². The number of carbonyl (C=O) groups is 1. The third-order valence-electron chi connectivity index (χ3n) is 5.35. The molecule has 2 aromatic heterocycles. The number of sulfonamides is 1. The van der Waals surface area contributed by atoms with Crippen molar-refractivity contribution in [3.8, 4) is 23.4 Å². The maximum atomic E-state index is 13.3. The molecule has 0 atom stereocenters. The molecule has 0 aliphatic heterocycles. The van der Waals surface area contributed by atoms with Crippen molar-refractivity contribution in [3.63, 3.8) is 0 Å². The molecule has 0 unspecified atom stereocenters. The number of carbonyl (C=O) groups excluding carboxylic acids is 1. The number of hydrogen-bond acceptors (Lipinski definition) is 8. The highest BCUT2D eigenvalue weighted by atomic mass is 32.2. The largest absolute Gasteiger partial charge is 0.480 e. The smallest absolute Gasteiger partial charge is 0.277 e. The van der Waals surface area contributed by atoms with Crippen LogP contribution in [0.3, 0.4) is 0 Å². The van der Waals surface area contributed by atoms with Crippen LogP contribution in [-0.2, 0) is 10.0 Å². The highest BCUT2D eigenvalue weighted by Crippen LogP contribution is 2.30. The molecule has 0 radical (unpaired) electrons. The minimum absolute atomic E-state index is 0.00627. The summed E-state index contributed by atoms with van der Waals surface area (Å²) in [4.78, 5) is 20.7. The van der Waals surface area contributed by atoms with Gasteiger partial charge in [-0.05, 0) is 49.2 Å². The molecule has 182 valence electrons. The first-order chi connectivity index (χ1) is 17.2. The molecule has 0 aliphatic rings. The summed E-state index contributed by atoms with van der Waals surface area (Å²) in [5.41, 5.74) is 2.54. The fourth-order valence-electron chi connectivity index (χ4n) is 3.45. The number of rotatable bonds is 7. The summed E-state index contributed by atoms with van der Waals surface area (Å²) in [7, 11) is -2.93. The molecule has 0 saturated carbocycles. The maximum absolute atomic E-state index is 13.3. The number of oxazole rings is 1. The van der Waals surface area contributed by atoms with E-state index in [4.69, 9.17) is 9.15 Å². The van der Waals surface area contributed by atoms with Gasteiger partial charge in [-0.15, -0.1) is 0 Å². The monoisotopic (exact) mass is 503 g/mol. The first kappa shape index (κ1) is 24.4. The molecule has 10 nitrogen and oxygen atoms in total. The van der Waals surface area contributed by atoms with Crippen LogP contribution < -0.4 is 14.8 Å². The Labute approximate surface area is 207 Å². The van der Waals surface area contributed by atoms with Crippen LogP contribution in [0.15, 0.2) is 70.3 Å². The van der Waals surface area contributed by atoms with Gasteiger partial charge in [0.15, 0.2) is 10.6 Å². The number of nitrogens with one attached hydrogen (secondary N) is 2. The SMILES string of the molecule is COc1ncc(NC(=O)c2coc(-c3ccccc3)n2)cc1S(=O)(=O)Nc1c(C)ccc(C#N)c1C. The molecular formula is C25H21N5O5S. The van der Waals surface area contributed by atoms with E-state index in [9.17, 15) is 18.5 Å². The molecule has 0 spiro atoms. The lowest BCUT2D eigenvalue weighted by Gasteiger charge is -2.16. The molecule has 1 amide bonds. The maximum Gasteiger partial charge on any atom is 0.277 e. The van der Waals surface area contributed by atoms with E-state index in [1.807, 2.05) is 24.3 Å². The molecule has 36 heavy (non-hydrogen) atoms. The summed E-state index contributed by atoms with van der Waals surface area (Å²) in [5, 5.41) is 11.9. The highest BCUT2D eigenvalue weighted by molar-refractivity contribution is 7.92. The number of nitrogens with zero attached hydrogens (tertiary/aromatic N) is 3. The van der Waals surface area contributed by atoms with Gasteiger partial charge in [0.1, 0.15) is 6.26 Å². The van der Waals surface area contributed by atoms with Crippen molar-refractivity contribution >= 4 is 27.3 Å². The van der Waals surface area contributed by atoms with Crippen LogP contribution in [0.25, 0.3) is 11.5 Å². The fraction of sp³-hybridized carbons (Fsp3) is 0.120. The Hall–Kier alpha value is -4.69. The Morgan fingerprint density at radius 2 is 1.89 bits per heavy atom. The number of methoxy groups -OCH3 is 1. The van der Waals surface area contributed by atoms with Gasteiger partial charge in [0.25, 0.3) is 15.9 Å². The third-order valence-corrected chi connectivity index (χ3v) is 6.69. The quantitative estimate of drug-likeness (QED) is 0.380. The zero-order chi connectivity index (χ0) is 25.9. The van der Waals surface area contributed by atoms with E-state index in [-0.39, 0.29) is 33.7 Å². The minimum Gasteiger partial charge on any atom is -0.480 e. The van der Waals surface area contributed by atoms with Crippen LogP contribution in [0.5, 0.6) is 5.88 Å². The van der Waals surface area contributed by atoms with E-state index < -0.39 is 15.9 Å². The molecule has 0 aliphatic carbocycles. The average Bonchev–Trinajstić information content (AvgIpc) is 3.38. The summed E-state index contributed by atoms with van der Waals surface area (Å²) < 4.78 is 39.7. The van der Waals surface area contributed by atoms with E-state index in [1.165, 1.54) is 25.6 Å². The van der Waals surface area contributed by atoms with Gasteiger partial charge in [0.2, 0.25) is 11.8 Å². The Bertz CT molecular complexity index is 1590. The van der Waals surface area contributed by atoms with Gasteiger partial charge in [-0.2, -0.15) is 5.26 Å². The van der Waals surface area contributed by atoms with E-state index in [2.05, 4.69) is 20.0 Å². The van der Waals surface area contributed by atoms with Crippen molar-refractivity contribution in [2.45, 2.75) is 18.7 Å². The van der Waals surface area contributed by atoms with Gasteiger partial charge in [-0.25, -0.2) is 18.4 Å². The normalized spacial score (nSPS) is 10.9. The second-order valence-corrected chi connectivity index (χ2v) is 9.39. The van der Waals surface area contributed by atoms with Gasteiger partial charge in [0.05, 0.1) is 36.3 Å². The summed E-state index contributed by atoms with van der Waals surface area (Å²) in [6, 6.07) is 15.6. The molecule has 0 fully saturated rings. The van der Waals surface area contributed by atoms with Crippen molar-refractivity contribution in [2.24, 2.45) is 0 Å². The Morgan fingerprint density at radius 3 is 2.58 bits per heavy atom. The molecule has 4 aromatic rings. The van der Waals surface area contributed by atoms with Crippen LogP contribution in [0.2, 0.25) is 0 Å². The molecule has 11 heteroatoms. The van der Waals surface area contributed by atoms with Gasteiger partial charge in [0, 0.05) is 5.56 Å². The van der Waals surface area contributed by atoms with Gasteiger partial charge in [-0.1, -0.05) is 24.3 Å². The molecule has 4 rings (SSSR count). The summed E-state index contributed by atoms with van der Waals surface area (Å²) in [6.45, 7) is 3.37. The number of benzene rings is 2. The molecule has 2 heterocycles. The van der Waals surface area contributed by atoms with Crippen molar-refractivity contribution < 1.29 is 22.4 Å². The van der Waals surface area contributed by atoms with E-state index in [1.54, 1.807) is 38.1 Å². The molecule has 2 N–H and O–H groups in total. The number of amides is 1. The number of pyridine rings is 1. The highest BCUT2D eigenvalue weighted by Gasteiger charge is 2.24. The van der Waals surface area contributed by atoms with Crippen molar-refractivity contribution in [1.29, 1.82) is 5.26 Å². The number of anilines is 2. The summed E-state index contributed by atoms with van der Waals surface area (Å²) >= 11 is 0. The number of aryl methyl sites for hydroxylation is 1. The lowest BCUT2D eigenvalue weighted by molar-refractivity contribution is 0.102. The lowest BCUT2D eigenvalue weighted by atomic mass is 10.0. The molecule has 2 aromatic carbocycles. The van der Waals surface area contributed by atoms with Crippen LogP contribution in [0.4, 0.5) is 11.4 Å². The second kappa shape index (κ2) is 9.89. The van der Waals surface area contributed by atoms with Gasteiger partial charge in [-0.3, -0.25) is 9.52 Å². The lowest BCUT2D eigenvalue weighted by Crippen LogP contribution is -2.18. The predicted octanol–water partition coefficient (Wildman–Crippen LogP) is 4.29. The van der Waals surface area contributed by atoms with Crippen LogP contribution in [0, 0.1) is 25.2 Å². The molecule has 0 bridgehead atoms. The first-order valence-corrected chi connectivity index (χ1v) is 12.1. The zero-order valence-electron chi connectivity index (χ0n) is 19.6. The summed E-state index contributed by atoms with van der Waals surface area (Å²) in [5.74, 6) is -0.510. The zero-order valence-corrected chi connectivity index (χ0v) is 20.4. The average molecular weight is 504 g/mol. The molecular weight excluding hydrogens is 482 g/mol. The molecule has 0 saturated heterocycles. The van der Waals surface area contributed by atoms with Crippen LogP contribution >= 0.6 is 0 Å². The number of hydrogen-bond donors (Lipinski definition) is 2. The standard InChI is InChI=1S/C25H21N5O5S/c1-15-9-10-18(12-26)16(2)22(15)30-36(32,33)21-11-19(13-27-25(21)34-3)28-23(31)20-14-35-24(29-20)17-7-5-4-6-8-17/h4-11,13-14,30H,1-3H3,(H,28,31). The van der Waals surface area contributed by atoms with E-state index in [0.29, 0.717) is 22.3 Å². The Kier molecular flexibility index (Phi) is 6.71. The van der Waals surface area contributed by atoms with Gasteiger partial charge < -0.3 is 14.5 Å². The van der Waals surface area contributed by atoms with Crippen molar-refractivity contribution in [3.05, 3.63) is 83.4 Å². The minimum atomic E-state index is -4.21. The number of aromatic nitrogens is 2. The Balaban J connectivity index is 1.62. The predicted molar refractivity (Wildman–Crippen MR) is 132 cm³/mol.